The highest BCUT2D eigenvalue weighted by atomic mass is 32.1. The van der Waals surface area contributed by atoms with Crippen LogP contribution in [0.4, 0.5) is 4.79 Å². The summed E-state index contributed by atoms with van der Waals surface area (Å²) in [4.78, 5) is 47.9. The van der Waals surface area contributed by atoms with Crippen LogP contribution < -0.4 is 10.1 Å². The van der Waals surface area contributed by atoms with Crippen LogP contribution in [0.3, 0.4) is 0 Å². The van der Waals surface area contributed by atoms with Crippen LogP contribution in [0.15, 0.2) is 42.4 Å². The lowest BCUT2D eigenvalue weighted by Crippen LogP contribution is -2.56. The summed E-state index contributed by atoms with van der Waals surface area (Å²) in [6.07, 6.45) is 4.10. The highest BCUT2D eigenvalue weighted by Crippen LogP contribution is 2.36. The minimum Gasteiger partial charge on any atom is -0.490 e. The first-order valence-electron chi connectivity index (χ1n) is 12.1. The average molecular weight is 497 g/mol. The number of amides is 4. The Morgan fingerprint density at radius 1 is 1.34 bits per heavy atom. The van der Waals surface area contributed by atoms with Crippen LogP contribution in [-0.2, 0) is 11.2 Å². The van der Waals surface area contributed by atoms with Gasteiger partial charge < -0.3 is 15.0 Å². The van der Waals surface area contributed by atoms with Gasteiger partial charge in [-0.2, -0.15) is 0 Å². The number of carbonyl (C=O) groups excluding carboxylic acids is 3. The SMILES string of the molecule is C=CCOc1cccc(C(=O)N2CCC(C3(CC)NC(=O)N(CCc4scnc4C)C3=O)CC2)c1. The average Bonchev–Trinajstić information content (AvgIpc) is 3.40. The standard InChI is InChI=1S/C26H32N4O4S/c1-4-15-34-21-8-6-7-19(16-21)23(31)29-12-9-20(10-13-29)26(5-2)24(32)30(25(33)28-26)14-11-22-18(3)27-17-35-22/h4,6-8,16-17,20H,1,5,9-15H2,2-3H3,(H,28,33). The minimum atomic E-state index is -0.909. The quantitative estimate of drug-likeness (QED) is 0.421. The summed E-state index contributed by atoms with van der Waals surface area (Å²) in [5.41, 5.74) is 2.39. The van der Waals surface area contributed by atoms with Crippen molar-refractivity contribution < 1.29 is 19.1 Å². The van der Waals surface area contributed by atoms with Crippen LogP contribution in [0.5, 0.6) is 5.75 Å². The van der Waals surface area contributed by atoms with Gasteiger partial charge in [0.05, 0.1) is 11.2 Å². The van der Waals surface area contributed by atoms with Gasteiger partial charge in [0.15, 0.2) is 0 Å². The number of nitrogens with zero attached hydrogens (tertiary/aromatic N) is 3. The van der Waals surface area contributed by atoms with Crippen LogP contribution in [0, 0.1) is 12.8 Å². The number of thiazole rings is 1. The van der Waals surface area contributed by atoms with Gasteiger partial charge in [0.25, 0.3) is 11.8 Å². The zero-order valence-corrected chi connectivity index (χ0v) is 21.1. The topological polar surface area (TPSA) is 91.8 Å². The molecule has 4 rings (SSSR count). The molecule has 1 aromatic heterocycles. The number of urea groups is 1. The number of nitrogens with one attached hydrogen (secondary N) is 1. The van der Waals surface area contributed by atoms with Crippen LogP contribution in [-0.4, -0.2) is 64.4 Å². The van der Waals surface area contributed by atoms with Gasteiger partial charge in [-0.15, -0.1) is 11.3 Å². The zero-order valence-electron chi connectivity index (χ0n) is 20.3. The fourth-order valence-corrected chi connectivity index (χ4v) is 5.83. The second-order valence-corrected chi connectivity index (χ2v) is 9.96. The summed E-state index contributed by atoms with van der Waals surface area (Å²) < 4.78 is 5.55. The van der Waals surface area contributed by atoms with Gasteiger partial charge in [-0.25, -0.2) is 9.78 Å². The molecule has 0 saturated carbocycles. The van der Waals surface area contributed by atoms with Crippen molar-refractivity contribution in [1.29, 1.82) is 0 Å². The Hall–Kier alpha value is -3.20. The van der Waals surface area contributed by atoms with Crippen molar-refractivity contribution in [3.8, 4) is 5.75 Å². The smallest absolute Gasteiger partial charge is 0.325 e. The first-order chi connectivity index (χ1) is 16.9. The lowest BCUT2D eigenvalue weighted by atomic mass is 9.75. The number of likely N-dealkylation sites (tertiary alicyclic amines) is 1. The number of benzene rings is 1. The second kappa shape index (κ2) is 10.6. The molecule has 3 heterocycles. The summed E-state index contributed by atoms with van der Waals surface area (Å²) >= 11 is 1.54. The number of aromatic nitrogens is 1. The molecule has 1 aromatic carbocycles. The molecule has 2 saturated heterocycles. The third-order valence-corrected chi connectivity index (χ3v) is 8.09. The number of imide groups is 1. The Morgan fingerprint density at radius 2 is 2.11 bits per heavy atom. The summed E-state index contributed by atoms with van der Waals surface area (Å²) in [7, 11) is 0. The number of ether oxygens (including phenoxy) is 1. The van der Waals surface area contributed by atoms with Crippen molar-refractivity contribution in [2.45, 2.75) is 45.1 Å². The first kappa shape index (κ1) is 24.9. The van der Waals surface area contributed by atoms with Gasteiger partial charge >= 0.3 is 6.03 Å². The summed E-state index contributed by atoms with van der Waals surface area (Å²) in [6, 6.07) is 6.82. The van der Waals surface area contributed by atoms with Gasteiger partial charge in [0.1, 0.15) is 17.9 Å². The molecule has 35 heavy (non-hydrogen) atoms. The third-order valence-electron chi connectivity index (χ3n) is 7.09. The molecule has 1 atom stereocenters. The Balaban J connectivity index is 1.39. The zero-order chi connectivity index (χ0) is 25.0. The normalized spacial score (nSPS) is 20.7. The van der Waals surface area contributed by atoms with Gasteiger partial charge in [0, 0.05) is 36.5 Å². The third kappa shape index (κ3) is 4.96. The van der Waals surface area contributed by atoms with E-state index in [0.717, 1.165) is 10.6 Å². The van der Waals surface area contributed by atoms with Gasteiger partial charge in [-0.05, 0) is 50.3 Å². The molecular formula is C26H32N4O4S. The van der Waals surface area contributed by atoms with Crippen molar-refractivity contribution in [3.63, 3.8) is 0 Å². The Labute approximate surface area is 210 Å². The fourth-order valence-electron chi connectivity index (χ4n) is 5.06. The molecule has 0 radical (unpaired) electrons. The van der Waals surface area contributed by atoms with E-state index in [9.17, 15) is 14.4 Å². The van der Waals surface area contributed by atoms with Gasteiger partial charge in [-0.3, -0.25) is 14.5 Å². The number of rotatable bonds is 9. The maximum Gasteiger partial charge on any atom is 0.325 e. The van der Waals surface area contributed by atoms with Crippen molar-refractivity contribution in [2.24, 2.45) is 5.92 Å². The van der Waals surface area contributed by atoms with E-state index in [0.29, 0.717) is 63.2 Å². The molecule has 8 nitrogen and oxygen atoms in total. The van der Waals surface area contributed by atoms with E-state index in [2.05, 4.69) is 16.9 Å². The minimum absolute atomic E-state index is 0.0228. The first-order valence-corrected chi connectivity index (χ1v) is 12.9. The molecule has 2 fully saturated rings. The molecule has 1 N–H and O–H groups in total. The monoisotopic (exact) mass is 496 g/mol. The van der Waals surface area contributed by atoms with E-state index in [-0.39, 0.29) is 23.8 Å². The lowest BCUT2D eigenvalue weighted by Gasteiger charge is -2.40. The van der Waals surface area contributed by atoms with E-state index in [1.54, 1.807) is 41.1 Å². The lowest BCUT2D eigenvalue weighted by molar-refractivity contribution is -0.134. The van der Waals surface area contributed by atoms with Crippen LogP contribution in [0.1, 0.15) is 47.1 Å². The molecule has 1 unspecified atom stereocenters. The van der Waals surface area contributed by atoms with E-state index >= 15 is 0 Å². The number of aryl methyl sites for hydroxylation is 1. The van der Waals surface area contributed by atoms with Crippen LogP contribution >= 0.6 is 11.3 Å². The highest BCUT2D eigenvalue weighted by molar-refractivity contribution is 7.09. The van der Waals surface area contributed by atoms with E-state index in [1.165, 1.54) is 4.90 Å². The summed E-state index contributed by atoms with van der Waals surface area (Å²) in [6.45, 7) is 9.32. The Kier molecular flexibility index (Phi) is 7.54. The van der Waals surface area contributed by atoms with Crippen LogP contribution in [0.25, 0.3) is 0 Å². The Morgan fingerprint density at radius 3 is 2.77 bits per heavy atom. The maximum absolute atomic E-state index is 13.5. The predicted molar refractivity (Wildman–Crippen MR) is 135 cm³/mol. The fraction of sp³-hybridized carbons (Fsp3) is 0.462. The molecule has 4 amide bonds. The molecule has 0 bridgehead atoms. The van der Waals surface area contributed by atoms with Crippen LogP contribution in [0.2, 0.25) is 0 Å². The largest absolute Gasteiger partial charge is 0.490 e. The van der Waals surface area contributed by atoms with Gasteiger partial charge in [0.2, 0.25) is 0 Å². The molecule has 2 aliphatic heterocycles. The predicted octanol–water partition coefficient (Wildman–Crippen LogP) is 3.81. The Bertz CT molecular complexity index is 1110. The molecule has 0 aliphatic carbocycles. The summed E-state index contributed by atoms with van der Waals surface area (Å²) in [5, 5.41) is 3.03. The van der Waals surface area contributed by atoms with Gasteiger partial charge in [-0.1, -0.05) is 25.6 Å². The van der Waals surface area contributed by atoms with Crippen molar-refractivity contribution in [3.05, 3.63) is 58.6 Å². The maximum atomic E-state index is 13.5. The highest BCUT2D eigenvalue weighted by Gasteiger charge is 2.54. The number of hydrogen-bond acceptors (Lipinski definition) is 6. The second-order valence-electron chi connectivity index (χ2n) is 9.02. The summed E-state index contributed by atoms with van der Waals surface area (Å²) in [5.74, 6) is 0.402. The number of piperidine rings is 1. The van der Waals surface area contributed by atoms with E-state index < -0.39 is 5.54 Å². The number of hydrogen-bond donors (Lipinski definition) is 1. The molecule has 186 valence electrons. The number of carbonyl (C=O) groups is 3. The molecule has 2 aliphatic rings. The molecule has 2 aromatic rings. The van der Waals surface area contributed by atoms with Crippen molar-refractivity contribution in [2.75, 3.05) is 26.2 Å². The molecule has 0 spiro atoms. The molecular weight excluding hydrogens is 464 g/mol. The van der Waals surface area contributed by atoms with Crippen molar-refractivity contribution in [1.82, 2.24) is 20.1 Å². The van der Waals surface area contributed by atoms with E-state index in [1.807, 2.05) is 24.8 Å². The molecule has 9 heteroatoms. The van der Waals surface area contributed by atoms with E-state index in [4.69, 9.17) is 4.74 Å². The van der Waals surface area contributed by atoms with Crippen molar-refractivity contribution >= 4 is 29.2 Å².